The lowest BCUT2D eigenvalue weighted by atomic mass is 10.0. The van der Waals surface area contributed by atoms with E-state index in [1.54, 1.807) is 43.5 Å². The van der Waals surface area contributed by atoms with Gasteiger partial charge in [0.05, 0.1) is 18.4 Å². The van der Waals surface area contributed by atoms with Gasteiger partial charge in [-0.25, -0.2) is 4.90 Å². The Kier molecular flexibility index (Phi) is 5.50. The fourth-order valence-corrected chi connectivity index (χ4v) is 3.93. The van der Waals surface area contributed by atoms with E-state index in [1.165, 1.54) is 23.9 Å². The van der Waals surface area contributed by atoms with Crippen LogP contribution in [0.25, 0.3) is 0 Å². The number of hydrogen-bond acceptors (Lipinski definition) is 5. The maximum Gasteiger partial charge on any atom is 0.258 e. The fourth-order valence-electron chi connectivity index (χ4n) is 3.12. The van der Waals surface area contributed by atoms with Crippen molar-refractivity contribution < 1.29 is 19.1 Å². The van der Waals surface area contributed by atoms with Crippen LogP contribution in [0.2, 0.25) is 0 Å². The molecule has 30 heavy (non-hydrogen) atoms. The first-order valence-electron chi connectivity index (χ1n) is 9.18. The van der Waals surface area contributed by atoms with Crippen LogP contribution in [0.4, 0.5) is 5.69 Å². The molecule has 5 nitrogen and oxygen atoms in total. The minimum atomic E-state index is -0.337. The highest BCUT2D eigenvalue weighted by atomic mass is 32.2. The number of anilines is 1. The molecule has 148 valence electrons. The number of benzene rings is 3. The molecule has 0 aromatic heterocycles. The van der Waals surface area contributed by atoms with Crippen molar-refractivity contribution in [1.82, 2.24) is 0 Å². The highest BCUT2D eigenvalue weighted by Gasteiger charge is 2.24. The maximum atomic E-state index is 12.8. The van der Waals surface area contributed by atoms with Crippen molar-refractivity contribution in [2.45, 2.75) is 9.79 Å². The van der Waals surface area contributed by atoms with E-state index in [2.05, 4.69) is 0 Å². The van der Waals surface area contributed by atoms with Crippen LogP contribution in [0.3, 0.4) is 0 Å². The summed E-state index contributed by atoms with van der Waals surface area (Å²) in [5.41, 5.74) is 1.64. The van der Waals surface area contributed by atoms with Gasteiger partial charge in [0.2, 0.25) is 0 Å². The van der Waals surface area contributed by atoms with Crippen LogP contribution in [0.1, 0.15) is 15.9 Å². The Morgan fingerprint density at radius 2 is 1.37 bits per heavy atom. The van der Waals surface area contributed by atoms with Gasteiger partial charge >= 0.3 is 0 Å². The Balaban J connectivity index is 1.47. The summed E-state index contributed by atoms with van der Waals surface area (Å²) >= 11 is 1.52. The van der Waals surface area contributed by atoms with Crippen LogP contribution in [-0.2, 0) is 9.59 Å². The first-order valence-corrected chi connectivity index (χ1v) is 10.0. The Bertz CT molecular complexity index is 1130. The SMILES string of the molecule is COc1ccccc1C(=O)c1ccc(Sc2ccc(N3C(=O)C=CC3=O)cc2)cc1. The second-order valence-corrected chi connectivity index (χ2v) is 7.64. The average molecular weight is 415 g/mol. The average Bonchev–Trinajstić information content (AvgIpc) is 3.12. The number of nitrogens with zero attached hydrogens (tertiary/aromatic N) is 1. The molecule has 1 aliphatic rings. The summed E-state index contributed by atoms with van der Waals surface area (Å²) in [6.07, 6.45) is 2.53. The van der Waals surface area contributed by atoms with Gasteiger partial charge in [0, 0.05) is 27.5 Å². The zero-order valence-corrected chi connectivity index (χ0v) is 16.9. The molecule has 0 bridgehead atoms. The van der Waals surface area contributed by atoms with E-state index in [4.69, 9.17) is 4.74 Å². The molecular formula is C24H17NO4S. The summed E-state index contributed by atoms with van der Waals surface area (Å²) in [4.78, 5) is 39.3. The van der Waals surface area contributed by atoms with Gasteiger partial charge in [0.1, 0.15) is 5.75 Å². The van der Waals surface area contributed by atoms with E-state index in [1.807, 2.05) is 36.4 Å². The number of amides is 2. The van der Waals surface area contributed by atoms with Crippen LogP contribution < -0.4 is 9.64 Å². The van der Waals surface area contributed by atoms with E-state index in [0.717, 1.165) is 14.7 Å². The van der Waals surface area contributed by atoms with Gasteiger partial charge in [-0.1, -0.05) is 23.9 Å². The predicted molar refractivity (Wildman–Crippen MR) is 115 cm³/mol. The van der Waals surface area contributed by atoms with Crippen LogP contribution in [0.5, 0.6) is 5.75 Å². The van der Waals surface area contributed by atoms with Crippen LogP contribution in [-0.4, -0.2) is 24.7 Å². The van der Waals surface area contributed by atoms with Gasteiger partial charge < -0.3 is 4.74 Å². The Morgan fingerprint density at radius 1 is 0.800 bits per heavy atom. The first-order chi connectivity index (χ1) is 14.6. The number of hydrogen-bond donors (Lipinski definition) is 0. The molecule has 0 aliphatic carbocycles. The van der Waals surface area contributed by atoms with Gasteiger partial charge in [-0.15, -0.1) is 0 Å². The quantitative estimate of drug-likeness (QED) is 0.438. The third-order valence-corrected chi connectivity index (χ3v) is 5.62. The van der Waals surface area contributed by atoms with E-state index in [0.29, 0.717) is 22.6 Å². The lowest BCUT2D eigenvalue weighted by molar-refractivity contribution is -0.119. The number of ketones is 1. The van der Waals surface area contributed by atoms with Crippen LogP contribution in [0.15, 0.2) is 94.7 Å². The summed E-state index contributed by atoms with van der Waals surface area (Å²) in [5, 5.41) is 0. The normalized spacial score (nSPS) is 13.0. The van der Waals surface area contributed by atoms with E-state index < -0.39 is 0 Å². The lowest BCUT2D eigenvalue weighted by Gasteiger charge is -2.14. The second-order valence-electron chi connectivity index (χ2n) is 6.49. The Labute approximate surface area is 178 Å². The molecule has 0 radical (unpaired) electrons. The number of ether oxygens (including phenoxy) is 1. The van der Waals surface area contributed by atoms with Crippen molar-refractivity contribution in [2.75, 3.05) is 12.0 Å². The van der Waals surface area contributed by atoms with Gasteiger partial charge in [0.15, 0.2) is 5.78 Å². The largest absolute Gasteiger partial charge is 0.496 e. The molecule has 3 aromatic rings. The third kappa shape index (κ3) is 3.90. The van der Waals surface area contributed by atoms with Crippen LogP contribution >= 0.6 is 11.8 Å². The first kappa shape index (κ1) is 19.7. The second kappa shape index (κ2) is 8.39. The lowest BCUT2D eigenvalue weighted by Crippen LogP contribution is -2.29. The zero-order valence-electron chi connectivity index (χ0n) is 16.1. The van der Waals surface area contributed by atoms with E-state index in [-0.39, 0.29) is 17.6 Å². The predicted octanol–water partition coefficient (Wildman–Crippen LogP) is 4.51. The highest BCUT2D eigenvalue weighted by molar-refractivity contribution is 7.99. The highest BCUT2D eigenvalue weighted by Crippen LogP contribution is 2.31. The molecule has 0 N–H and O–H groups in total. The van der Waals surface area contributed by atoms with Crippen molar-refractivity contribution in [3.8, 4) is 5.75 Å². The number of imide groups is 1. The molecule has 1 heterocycles. The van der Waals surface area contributed by atoms with Crippen LogP contribution in [0, 0.1) is 0 Å². The zero-order chi connectivity index (χ0) is 21.1. The molecular weight excluding hydrogens is 398 g/mol. The summed E-state index contributed by atoms with van der Waals surface area (Å²) in [5.74, 6) is -0.223. The van der Waals surface area contributed by atoms with Gasteiger partial charge in [-0.05, 0) is 60.7 Å². The van der Waals surface area contributed by atoms with Crippen molar-refractivity contribution in [1.29, 1.82) is 0 Å². The monoisotopic (exact) mass is 415 g/mol. The number of methoxy groups -OCH3 is 1. The number of rotatable bonds is 6. The topological polar surface area (TPSA) is 63.7 Å². The molecule has 3 aromatic carbocycles. The maximum absolute atomic E-state index is 12.8. The van der Waals surface area contributed by atoms with Crippen molar-refractivity contribution >= 4 is 35.0 Å². The van der Waals surface area contributed by atoms with Crippen molar-refractivity contribution in [3.05, 3.63) is 96.1 Å². The van der Waals surface area contributed by atoms with E-state index >= 15 is 0 Å². The molecule has 6 heteroatoms. The molecule has 1 aliphatic heterocycles. The van der Waals surface area contributed by atoms with Crippen molar-refractivity contribution in [3.63, 3.8) is 0 Å². The summed E-state index contributed by atoms with van der Waals surface area (Å²) in [6.45, 7) is 0. The molecule has 0 saturated carbocycles. The third-order valence-electron chi connectivity index (χ3n) is 4.61. The summed E-state index contributed by atoms with van der Waals surface area (Å²) < 4.78 is 5.28. The molecule has 0 unspecified atom stereocenters. The molecule has 4 rings (SSSR count). The Morgan fingerprint density at radius 3 is 1.97 bits per heavy atom. The molecule has 0 atom stereocenters. The summed E-state index contributed by atoms with van der Waals surface area (Å²) in [7, 11) is 1.54. The van der Waals surface area contributed by atoms with Crippen molar-refractivity contribution in [2.24, 2.45) is 0 Å². The minimum absolute atomic E-state index is 0.0955. The molecule has 0 spiro atoms. The minimum Gasteiger partial charge on any atom is -0.496 e. The van der Waals surface area contributed by atoms with Gasteiger partial charge in [-0.3, -0.25) is 14.4 Å². The number of carbonyl (C=O) groups is 3. The number of para-hydroxylation sites is 1. The molecule has 0 saturated heterocycles. The Hall–Kier alpha value is -3.64. The molecule has 0 fully saturated rings. The van der Waals surface area contributed by atoms with Gasteiger partial charge in [0.25, 0.3) is 11.8 Å². The van der Waals surface area contributed by atoms with E-state index in [9.17, 15) is 14.4 Å². The fraction of sp³-hybridized carbons (Fsp3) is 0.0417. The summed E-state index contributed by atoms with van der Waals surface area (Å²) in [6, 6.07) is 21.7. The van der Waals surface area contributed by atoms with Gasteiger partial charge in [-0.2, -0.15) is 0 Å². The molecule has 2 amide bonds. The number of carbonyl (C=O) groups excluding carboxylic acids is 3. The smallest absolute Gasteiger partial charge is 0.258 e. The standard InChI is InChI=1S/C24H17NO4S/c1-29-21-5-3-2-4-20(21)24(28)16-6-10-18(11-7-16)30-19-12-8-17(9-13-19)25-22(26)14-15-23(25)27/h2-15H,1H3.